The van der Waals surface area contributed by atoms with Crippen molar-refractivity contribution in [1.82, 2.24) is 4.98 Å². The number of hydrogen-bond acceptors (Lipinski definition) is 4. The Hall–Kier alpha value is -1.69. The van der Waals surface area contributed by atoms with Gasteiger partial charge in [-0.15, -0.1) is 0 Å². The summed E-state index contributed by atoms with van der Waals surface area (Å²) in [4.78, 5) is 14.4. The van der Waals surface area contributed by atoms with Crippen LogP contribution in [0.2, 0.25) is 0 Å². The van der Waals surface area contributed by atoms with Crippen molar-refractivity contribution in [1.29, 1.82) is 0 Å². The summed E-state index contributed by atoms with van der Waals surface area (Å²) in [6, 6.07) is 1.12. The van der Waals surface area contributed by atoms with Crippen LogP contribution in [0, 0.1) is 5.82 Å². The molecule has 0 spiro atoms. The quantitative estimate of drug-likeness (QED) is 0.631. The highest BCUT2D eigenvalue weighted by molar-refractivity contribution is 5.88. The molecule has 0 amide bonds. The van der Waals surface area contributed by atoms with Crippen LogP contribution in [0.15, 0.2) is 12.3 Å². The second-order valence-electron chi connectivity index (χ2n) is 3.54. The first-order chi connectivity index (χ1) is 8.16. The van der Waals surface area contributed by atoms with Crippen LogP contribution < -0.4 is 5.32 Å². The molecule has 1 aromatic heterocycles. The number of pyridine rings is 1. The maximum Gasteiger partial charge on any atom is 0.338 e. The number of aliphatic hydroxyl groups excluding tert-OH is 1. The molecule has 0 fully saturated rings. The van der Waals surface area contributed by atoms with E-state index in [1.807, 2.05) is 0 Å². The zero-order valence-electron chi connectivity index (χ0n) is 9.32. The van der Waals surface area contributed by atoms with Crippen molar-refractivity contribution < 1.29 is 19.4 Å². The Balaban J connectivity index is 2.54. The summed E-state index contributed by atoms with van der Waals surface area (Å²) in [5.41, 5.74) is -0.391. The third kappa shape index (κ3) is 3.99. The molecule has 0 aliphatic carbocycles. The highest BCUT2D eigenvalue weighted by Crippen LogP contribution is 2.15. The molecule has 0 atom stereocenters. The molecule has 1 aromatic rings. The average molecular weight is 242 g/mol. The third-order valence-electron chi connectivity index (χ3n) is 2.25. The molecule has 0 saturated heterocycles. The van der Waals surface area contributed by atoms with Crippen molar-refractivity contribution >= 4 is 11.8 Å². The monoisotopic (exact) mass is 242 g/mol. The van der Waals surface area contributed by atoms with E-state index in [1.165, 1.54) is 6.20 Å². The van der Waals surface area contributed by atoms with Gasteiger partial charge in [-0.05, 0) is 25.3 Å². The molecule has 0 aromatic carbocycles. The molecule has 6 heteroatoms. The number of aromatic carboxylic acids is 1. The first-order valence-corrected chi connectivity index (χ1v) is 5.39. The van der Waals surface area contributed by atoms with Crippen molar-refractivity contribution in [2.24, 2.45) is 0 Å². The molecule has 0 bridgehead atoms. The van der Waals surface area contributed by atoms with Gasteiger partial charge in [0.05, 0.1) is 0 Å². The van der Waals surface area contributed by atoms with Gasteiger partial charge in [-0.3, -0.25) is 0 Å². The van der Waals surface area contributed by atoms with E-state index < -0.39 is 17.3 Å². The molecule has 17 heavy (non-hydrogen) atoms. The number of nitrogens with one attached hydrogen (secondary N) is 1. The van der Waals surface area contributed by atoms with E-state index in [0.29, 0.717) is 13.0 Å². The summed E-state index contributed by atoms with van der Waals surface area (Å²) in [7, 11) is 0. The van der Waals surface area contributed by atoms with Crippen molar-refractivity contribution in [2.45, 2.75) is 19.3 Å². The number of aliphatic hydroxyl groups is 1. The maximum atomic E-state index is 13.6. The first kappa shape index (κ1) is 13.4. The first-order valence-electron chi connectivity index (χ1n) is 5.39. The molecule has 94 valence electrons. The Morgan fingerprint density at radius 3 is 2.82 bits per heavy atom. The number of rotatable bonds is 7. The van der Waals surface area contributed by atoms with E-state index in [-0.39, 0.29) is 12.4 Å². The molecule has 0 unspecified atom stereocenters. The van der Waals surface area contributed by atoms with Gasteiger partial charge in [0.15, 0.2) is 11.6 Å². The molecular weight excluding hydrogens is 227 g/mol. The van der Waals surface area contributed by atoms with Gasteiger partial charge in [-0.25, -0.2) is 14.2 Å². The van der Waals surface area contributed by atoms with Gasteiger partial charge in [-0.2, -0.15) is 0 Å². The molecule has 0 aliphatic heterocycles. The lowest BCUT2D eigenvalue weighted by Gasteiger charge is -2.07. The highest BCUT2D eigenvalue weighted by atomic mass is 19.1. The van der Waals surface area contributed by atoms with E-state index >= 15 is 0 Å². The fraction of sp³-hybridized carbons (Fsp3) is 0.455. The lowest BCUT2D eigenvalue weighted by molar-refractivity contribution is 0.0692. The smallest absolute Gasteiger partial charge is 0.338 e. The lowest BCUT2D eigenvalue weighted by atomic mass is 10.2. The van der Waals surface area contributed by atoms with Crippen molar-refractivity contribution in [2.75, 3.05) is 18.5 Å². The normalized spacial score (nSPS) is 10.2. The number of aromatic nitrogens is 1. The number of carbonyl (C=O) groups is 1. The van der Waals surface area contributed by atoms with Gasteiger partial charge >= 0.3 is 5.97 Å². The summed E-state index contributed by atoms with van der Waals surface area (Å²) in [6.45, 7) is 0.633. The van der Waals surface area contributed by atoms with Crippen molar-refractivity contribution in [3.8, 4) is 0 Å². The summed E-state index contributed by atoms with van der Waals surface area (Å²) in [6.07, 6.45) is 3.54. The SMILES string of the molecule is O=C(O)c1ccnc(NCCCCCO)c1F. The van der Waals surface area contributed by atoms with Crippen LogP contribution in [0.25, 0.3) is 0 Å². The lowest BCUT2D eigenvalue weighted by Crippen LogP contribution is -2.09. The van der Waals surface area contributed by atoms with Crippen LogP contribution in [0.1, 0.15) is 29.6 Å². The second kappa shape index (κ2) is 6.80. The van der Waals surface area contributed by atoms with Gasteiger partial charge < -0.3 is 15.5 Å². The minimum atomic E-state index is -1.31. The number of anilines is 1. The number of carboxylic acid groups (broad SMARTS) is 1. The van der Waals surface area contributed by atoms with Gasteiger partial charge in [0.25, 0.3) is 0 Å². The topological polar surface area (TPSA) is 82.5 Å². The summed E-state index contributed by atoms with van der Waals surface area (Å²) in [5, 5.41) is 20.0. The van der Waals surface area contributed by atoms with Gasteiger partial charge in [0, 0.05) is 19.3 Å². The summed E-state index contributed by atoms with van der Waals surface area (Å²) in [5.74, 6) is -2.20. The van der Waals surface area contributed by atoms with Gasteiger partial charge in [0.1, 0.15) is 5.56 Å². The summed E-state index contributed by atoms with van der Waals surface area (Å²) >= 11 is 0. The number of carboxylic acids is 1. The molecule has 5 nitrogen and oxygen atoms in total. The Kier molecular flexibility index (Phi) is 5.35. The van der Waals surface area contributed by atoms with E-state index in [2.05, 4.69) is 10.3 Å². The number of halogens is 1. The van der Waals surface area contributed by atoms with Crippen LogP contribution in [-0.4, -0.2) is 34.3 Å². The second-order valence-corrected chi connectivity index (χ2v) is 3.54. The average Bonchev–Trinajstić information content (AvgIpc) is 2.30. The summed E-state index contributed by atoms with van der Waals surface area (Å²) < 4.78 is 13.6. The van der Waals surface area contributed by atoms with E-state index in [9.17, 15) is 9.18 Å². The fourth-order valence-electron chi connectivity index (χ4n) is 1.35. The zero-order chi connectivity index (χ0) is 12.7. The Morgan fingerprint density at radius 1 is 1.41 bits per heavy atom. The number of hydrogen-bond donors (Lipinski definition) is 3. The Bertz CT molecular complexity index is 385. The van der Waals surface area contributed by atoms with Crippen molar-refractivity contribution in [3.05, 3.63) is 23.6 Å². The fourth-order valence-corrected chi connectivity index (χ4v) is 1.35. The minimum Gasteiger partial charge on any atom is -0.478 e. The van der Waals surface area contributed by atoms with Crippen LogP contribution >= 0.6 is 0 Å². The molecule has 1 heterocycles. The molecular formula is C11H15FN2O3. The third-order valence-corrected chi connectivity index (χ3v) is 2.25. The van der Waals surface area contributed by atoms with Gasteiger partial charge in [-0.1, -0.05) is 0 Å². The Morgan fingerprint density at radius 2 is 2.18 bits per heavy atom. The number of unbranched alkanes of at least 4 members (excludes halogenated alkanes) is 2. The minimum absolute atomic E-state index is 0.0473. The predicted octanol–water partition coefficient (Wildman–Crippen LogP) is 1.49. The van der Waals surface area contributed by atoms with Crippen LogP contribution in [0.5, 0.6) is 0 Å². The Labute approximate surface area is 98.3 Å². The molecule has 3 N–H and O–H groups in total. The van der Waals surface area contributed by atoms with Crippen LogP contribution in [-0.2, 0) is 0 Å². The van der Waals surface area contributed by atoms with E-state index in [1.54, 1.807) is 0 Å². The number of nitrogens with zero attached hydrogens (tertiary/aromatic N) is 1. The van der Waals surface area contributed by atoms with Crippen molar-refractivity contribution in [3.63, 3.8) is 0 Å². The van der Waals surface area contributed by atoms with E-state index in [4.69, 9.17) is 10.2 Å². The molecule has 0 radical (unpaired) electrons. The maximum absolute atomic E-state index is 13.6. The van der Waals surface area contributed by atoms with Crippen LogP contribution in [0.3, 0.4) is 0 Å². The van der Waals surface area contributed by atoms with Gasteiger partial charge in [0.2, 0.25) is 0 Å². The van der Waals surface area contributed by atoms with E-state index in [0.717, 1.165) is 18.9 Å². The molecule has 1 rings (SSSR count). The molecule has 0 saturated carbocycles. The standard InChI is InChI=1S/C11H15FN2O3/c12-9-8(11(16)17)4-6-14-10(9)13-5-2-1-3-7-15/h4,6,15H,1-3,5,7H2,(H,13,14)(H,16,17). The van der Waals surface area contributed by atoms with Crippen LogP contribution in [0.4, 0.5) is 10.2 Å². The zero-order valence-corrected chi connectivity index (χ0v) is 9.32. The molecule has 0 aliphatic rings. The predicted molar refractivity (Wildman–Crippen MR) is 60.6 cm³/mol. The highest BCUT2D eigenvalue weighted by Gasteiger charge is 2.14. The largest absolute Gasteiger partial charge is 0.478 e.